The zero-order chi connectivity index (χ0) is 28.3. The Hall–Kier alpha value is -2.70. The van der Waals surface area contributed by atoms with Gasteiger partial charge in [0.25, 0.3) is 16.0 Å². The molecule has 0 unspecified atom stereocenters. The number of fused-ring (bicyclic) bond motifs is 1. The van der Waals surface area contributed by atoms with Crippen LogP contribution in [0.2, 0.25) is 10.0 Å². The Bertz CT molecular complexity index is 1730. The van der Waals surface area contributed by atoms with Crippen LogP contribution in [0.1, 0.15) is 29.8 Å². The van der Waals surface area contributed by atoms with Crippen molar-refractivity contribution in [1.82, 2.24) is 0 Å². The molecule has 0 aromatic heterocycles. The van der Waals surface area contributed by atoms with Crippen molar-refractivity contribution in [2.24, 2.45) is 10.2 Å². The predicted molar refractivity (Wildman–Crippen MR) is 149 cm³/mol. The first kappa shape index (κ1) is 31.8. The molecule has 4 aromatic rings. The van der Waals surface area contributed by atoms with E-state index < -0.39 is 26.7 Å². The van der Waals surface area contributed by atoms with Gasteiger partial charge >= 0.3 is 29.6 Å². The molecule has 4 aromatic carbocycles. The second kappa shape index (κ2) is 13.3. The molecule has 9 nitrogen and oxygen atoms in total. The van der Waals surface area contributed by atoms with Gasteiger partial charge < -0.3 is 15.2 Å². The summed E-state index contributed by atoms with van der Waals surface area (Å²) in [6, 6.07) is 15.3. The molecule has 1 amide bonds. The topological polar surface area (TPSA) is 140 Å². The molecule has 0 fully saturated rings. The molecule has 4 rings (SSSR count). The van der Waals surface area contributed by atoms with Gasteiger partial charge in [-0.3, -0.25) is 9.35 Å². The average molecular weight is 610 g/mol. The molecular formula is C27H22Cl2N3NaO6S. The molecule has 0 spiro atoms. The molecule has 0 aliphatic rings. The monoisotopic (exact) mass is 609 g/mol. The van der Waals surface area contributed by atoms with Crippen molar-refractivity contribution < 1.29 is 57.2 Å². The van der Waals surface area contributed by atoms with Crippen molar-refractivity contribution in [2.75, 3.05) is 11.9 Å². The summed E-state index contributed by atoms with van der Waals surface area (Å²) >= 11 is 12.2. The minimum Gasteiger partial charge on any atom is -0.870 e. The third-order valence-electron chi connectivity index (χ3n) is 5.76. The van der Waals surface area contributed by atoms with Gasteiger partial charge in [-0.1, -0.05) is 60.1 Å². The summed E-state index contributed by atoms with van der Waals surface area (Å²) in [4.78, 5) is 12.7. The number of anilines is 1. The minimum absolute atomic E-state index is 0. The second-order valence-corrected chi connectivity index (χ2v) is 10.5. The van der Waals surface area contributed by atoms with E-state index in [1.54, 1.807) is 56.3 Å². The maximum atomic E-state index is 13.5. The smallest absolute Gasteiger partial charge is 0.870 e. The van der Waals surface area contributed by atoms with Gasteiger partial charge in [-0.2, -0.15) is 13.5 Å². The van der Waals surface area contributed by atoms with Crippen LogP contribution >= 0.6 is 23.2 Å². The van der Waals surface area contributed by atoms with Crippen molar-refractivity contribution in [3.8, 4) is 11.5 Å². The van der Waals surface area contributed by atoms with Crippen LogP contribution in [-0.2, 0) is 16.5 Å². The number of benzene rings is 4. The third kappa shape index (κ3) is 6.95. The number of hydrogen-bond acceptors (Lipinski definition) is 7. The minimum atomic E-state index is -4.71. The van der Waals surface area contributed by atoms with Gasteiger partial charge in [-0.15, -0.1) is 5.11 Å². The molecule has 2 N–H and O–H groups in total. The molecule has 0 atom stereocenters. The number of nitrogens with zero attached hydrogens (tertiary/aromatic N) is 2. The van der Waals surface area contributed by atoms with E-state index in [9.17, 15) is 22.9 Å². The van der Waals surface area contributed by atoms with Gasteiger partial charge in [0.1, 0.15) is 16.3 Å². The molecule has 202 valence electrons. The Morgan fingerprint density at radius 3 is 2.45 bits per heavy atom. The molecule has 40 heavy (non-hydrogen) atoms. The van der Waals surface area contributed by atoms with Crippen molar-refractivity contribution in [3.05, 3.63) is 81.8 Å². The first-order valence-corrected chi connectivity index (χ1v) is 13.9. The second-order valence-electron chi connectivity index (χ2n) is 8.29. The number of carbonyl (C=O) groups is 1. The Labute approximate surface area is 263 Å². The normalized spacial score (nSPS) is 11.4. The quantitative estimate of drug-likeness (QED) is 0.175. The maximum absolute atomic E-state index is 13.5. The fourth-order valence-electron chi connectivity index (χ4n) is 3.89. The van der Waals surface area contributed by atoms with Crippen LogP contribution in [0.5, 0.6) is 11.5 Å². The summed E-state index contributed by atoms with van der Waals surface area (Å²) in [5.74, 6) is -1.12. The summed E-state index contributed by atoms with van der Waals surface area (Å²) in [6.07, 6.45) is 0.451. The molecule has 0 aliphatic carbocycles. The van der Waals surface area contributed by atoms with Gasteiger partial charge in [-0.05, 0) is 54.6 Å². The standard InChI is InChI=1S/C27H23Cl2N3O6S.Na/c1-3-15-12-22(24(14-20(15)29)39(35,36)37)31-32-25-18-8-6-5-7-16(18)11-19(26(25)33)27(34)30-21-10-9-17(28)13-23(21)38-4-2;/h5-14,33H,3-4H2,1-2H3,(H,30,34)(H,35,36,37);/q;+1/p-1. The van der Waals surface area contributed by atoms with E-state index in [4.69, 9.17) is 27.9 Å². The SMILES string of the molecule is CCOc1cc(Cl)ccc1NC(=O)c1cc2ccccc2c(N=Nc2cc(CC)c(Cl)cc2S(=O)(=O)O)c1[O-].[Na+]. The van der Waals surface area contributed by atoms with Gasteiger partial charge in [-0.25, -0.2) is 0 Å². The molecular weight excluding hydrogens is 588 g/mol. The van der Waals surface area contributed by atoms with Gasteiger partial charge in [0.05, 0.1) is 18.0 Å². The number of nitrogens with one attached hydrogen (secondary N) is 1. The van der Waals surface area contributed by atoms with E-state index >= 15 is 0 Å². The Morgan fingerprint density at radius 1 is 1.05 bits per heavy atom. The summed E-state index contributed by atoms with van der Waals surface area (Å²) in [5.41, 5.74) is 0.258. The van der Waals surface area contributed by atoms with Gasteiger partial charge in [0.15, 0.2) is 0 Å². The van der Waals surface area contributed by atoms with E-state index in [1.165, 1.54) is 12.1 Å². The molecule has 0 bridgehead atoms. The van der Waals surface area contributed by atoms with Gasteiger partial charge in [0, 0.05) is 27.1 Å². The van der Waals surface area contributed by atoms with E-state index in [2.05, 4.69) is 15.5 Å². The molecule has 0 saturated carbocycles. The van der Waals surface area contributed by atoms with E-state index in [0.717, 1.165) is 6.07 Å². The number of hydrogen-bond donors (Lipinski definition) is 2. The number of carbonyl (C=O) groups excluding carboxylic acids is 1. The van der Waals surface area contributed by atoms with Crippen LogP contribution < -0.4 is 44.7 Å². The van der Waals surface area contributed by atoms with Crippen LogP contribution in [0.4, 0.5) is 17.1 Å². The van der Waals surface area contributed by atoms with Crippen LogP contribution in [0.15, 0.2) is 75.8 Å². The molecule has 0 saturated heterocycles. The van der Waals surface area contributed by atoms with E-state index in [0.29, 0.717) is 45.8 Å². The van der Waals surface area contributed by atoms with Gasteiger partial charge in [0.2, 0.25) is 0 Å². The summed E-state index contributed by atoms with van der Waals surface area (Å²) in [6.45, 7) is 3.91. The van der Waals surface area contributed by atoms with Crippen LogP contribution in [-0.4, -0.2) is 25.5 Å². The Balaban J connectivity index is 0.00000441. The number of halogens is 2. The van der Waals surface area contributed by atoms with Crippen molar-refractivity contribution in [3.63, 3.8) is 0 Å². The van der Waals surface area contributed by atoms with Crippen LogP contribution in [0.3, 0.4) is 0 Å². The summed E-state index contributed by atoms with van der Waals surface area (Å²) < 4.78 is 39.2. The van der Waals surface area contributed by atoms with Crippen LogP contribution in [0, 0.1) is 0 Å². The Morgan fingerprint density at radius 2 is 1.77 bits per heavy atom. The fraction of sp³-hybridized carbons (Fsp3) is 0.148. The number of aryl methyl sites for hydroxylation is 1. The number of amides is 1. The molecule has 0 radical (unpaired) electrons. The van der Waals surface area contributed by atoms with E-state index in [-0.39, 0.29) is 51.5 Å². The fourth-order valence-corrected chi connectivity index (χ4v) is 5.04. The van der Waals surface area contributed by atoms with Crippen molar-refractivity contribution in [1.29, 1.82) is 0 Å². The zero-order valence-electron chi connectivity index (χ0n) is 21.7. The largest absolute Gasteiger partial charge is 1.00 e. The zero-order valence-corrected chi connectivity index (χ0v) is 26.1. The summed E-state index contributed by atoms with van der Waals surface area (Å²) in [5, 5.41) is 25.7. The first-order chi connectivity index (χ1) is 18.5. The number of azo groups is 1. The maximum Gasteiger partial charge on any atom is 1.00 e. The average Bonchev–Trinajstić information content (AvgIpc) is 2.89. The van der Waals surface area contributed by atoms with Crippen molar-refractivity contribution >= 4 is 67.1 Å². The predicted octanol–water partition coefficient (Wildman–Crippen LogP) is 4.10. The third-order valence-corrected chi connectivity index (χ3v) is 7.23. The number of ether oxygens (including phenoxy) is 1. The molecule has 0 aliphatic heterocycles. The first-order valence-electron chi connectivity index (χ1n) is 11.7. The molecule has 13 heteroatoms. The Kier molecular flexibility index (Phi) is 10.6. The molecule has 0 heterocycles. The number of rotatable bonds is 8. The summed E-state index contributed by atoms with van der Waals surface area (Å²) in [7, 11) is -4.71. The van der Waals surface area contributed by atoms with Crippen LogP contribution in [0.25, 0.3) is 10.8 Å². The van der Waals surface area contributed by atoms with E-state index in [1.807, 2.05) is 0 Å². The van der Waals surface area contributed by atoms with Crippen molar-refractivity contribution in [2.45, 2.75) is 25.2 Å².